The zero-order valence-electron chi connectivity index (χ0n) is 23.7. The second-order valence-electron chi connectivity index (χ2n) is 10.6. The Labute approximate surface area is 239 Å². The first-order valence-corrected chi connectivity index (χ1v) is 13.9. The van der Waals surface area contributed by atoms with Gasteiger partial charge in [-0.05, 0) is 49.8 Å². The summed E-state index contributed by atoms with van der Waals surface area (Å²) in [4.78, 5) is 65.6. The Kier molecular flexibility index (Phi) is 13.2. The lowest BCUT2D eigenvalue weighted by molar-refractivity contribution is -0.142. The normalized spacial score (nSPS) is 14.2. The molecule has 13 nitrogen and oxygen atoms in total. The third kappa shape index (κ3) is 10.8. The number of carbonyl (C=O) groups excluding carboxylic acids is 4. The Balaban J connectivity index is 2.27. The molecule has 1 aromatic carbocycles. The molecule has 0 fully saturated rings. The number of nitrogens with one attached hydrogen (secondary N) is 4. The third-order valence-corrected chi connectivity index (χ3v) is 6.67. The van der Waals surface area contributed by atoms with Crippen molar-refractivity contribution in [3.63, 3.8) is 0 Å². The molecule has 0 spiro atoms. The van der Waals surface area contributed by atoms with Crippen LogP contribution in [0.15, 0.2) is 30.5 Å². The van der Waals surface area contributed by atoms with Crippen LogP contribution in [0.25, 0.3) is 10.9 Å². The van der Waals surface area contributed by atoms with Gasteiger partial charge in [0.25, 0.3) is 0 Å². The average Bonchev–Trinajstić information content (AvgIpc) is 3.32. The van der Waals surface area contributed by atoms with Crippen molar-refractivity contribution in [1.29, 1.82) is 0 Å². The molecule has 13 heteroatoms. The number of aliphatic carboxylic acids is 1. The van der Waals surface area contributed by atoms with E-state index in [4.69, 9.17) is 17.2 Å². The van der Waals surface area contributed by atoms with Gasteiger partial charge in [0.1, 0.15) is 18.1 Å². The maximum atomic E-state index is 13.6. The van der Waals surface area contributed by atoms with Crippen LogP contribution in [0.2, 0.25) is 0 Å². The minimum Gasteiger partial charge on any atom is -0.480 e. The number of primary amides is 1. The summed E-state index contributed by atoms with van der Waals surface area (Å²) >= 11 is 0. The minimum atomic E-state index is -1.37. The second kappa shape index (κ2) is 16.3. The Hall–Kier alpha value is -3.97. The van der Waals surface area contributed by atoms with E-state index in [1.54, 1.807) is 6.20 Å². The maximum absolute atomic E-state index is 13.6. The summed E-state index contributed by atoms with van der Waals surface area (Å²) < 4.78 is 0. The molecule has 4 unspecified atom stereocenters. The van der Waals surface area contributed by atoms with E-state index in [0.29, 0.717) is 25.8 Å². The SMILES string of the molecule is CC(C)CC(NC(=O)C(Cc1c[nH]c2ccccc12)NC(=O)C(N)CCCCN)C(=O)NC(CCC(N)=O)C(=O)O. The van der Waals surface area contributed by atoms with Crippen molar-refractivity contribution in [2.24, 2.45) is 23.1 Å². The second-order valence-corrected chi connectivity index (χ2v) is 10.6. The number of unbranched alkanes of at least 4 members (excludes halogenated alkanes) is 1. The summed E-state index contributed by atoms with van der Waals surface area (Å²) in [6.07, 6.45) is 3.40. The van der Waals surface area contributed by atoms with Crippen LogP contribution in [-0.4, -0.2) is 70.4 Å². The maximum Gasteiger partial charge on any atom is 0.326 e. The topological polar surface area (TPSA) is 236 Å². The summed E-state index contributed by atoms with van der Waals surface area (Å²) in [5.74, 6) is -3.93. The van der Waals surface area contributed by atoms with Crippen molar-refractivity contribution in [3.8, 4) is 0 Å². The van der Waals surface area contributed by atoms with Crippen LogP contribution in [-0.2, 0) is 30.4 Å². The highest BCUT2D eigenvalue weighted by Gasteiger charge is 2.31. The molecular weight excluding hydrogens is 530 g/mol. The number of carboxylic acids is 1. The third-order valence-electron chi connectivity index (χ3n) is 6.67. The fraction of sp³-hybridized carbons (Fsp3) is 0.536. The van der Waals surface area contributed by atoms with Gasteiger partial charge < -0.3 is 43.2 Å². The summed E-state index contributed by atoms with van der Waals surface area (Å²) in [6, 6.07) is 3.13. The molecular formula is C28H43N7O6. The smallest absolute Gasteiger partial charge is 0.326 e. The number of carbonyl (C=O) groups is 5. The van der Waals surface area contributed by atoms with Crippen molar-refractivity contribution in [3.05, 3.63) is 36.0 Å². The Morgan fingerprint density at radius 1 is 0.902 bits per heavy atom. The number of nitrogens with two attached hydrogens (primary N) is 3. The molecule has 2 aromatic rings. The molecule has 1 heterocycles. The van der Waals surface area contributed by atoms with E-state index in [-0.39, 0.29) is 31.6 Å². The molecule has 0 saturated carbocycles. The first kappa shape index (κ1) is 33.2. The number of hydrogen-bond donors (Lipinski definition) is 8. The molecule has 1 aromatic heterocycles. The van der Waals surface area contributed by atoms with E-state index in [0.717, 1.165) is 16.5 Å². The lowest BCUT2D eigenvalue weighted by atomic mass is 10.00. The number of hydrogen-bond acceptors (Lipinski definition) is 7. The van der Waals surface area contributed by atoms with Gasteiger partial charge in [-0.15, -0.1) is 0 Å². The number of benzene rings is 1. The Morgan fingerprint density at radius 2 is 1.54 bits per heavy atom. The number of fused-ring (bicyclic) bond motifs is 1. The quantitative estimate of drug-likeness (QED) is 0.113. The number of H-pyrrole nitrogens is 1. The standard InChI is InChI=1S/C28H43N7O6/c1-16(2)13-22(26(38)33-21(28(40)41)10-11-24(31)36)35-27(39)23(34-25(37)19(30)8-5-6-12-29)14-17-15-32-20-9-4-3-7-18(17)20/h3-4,7,9,15-16,19,21-23,32H,5-6,8,10-14,29-30H2,1-2H3,(H2,31,36)(H,33,38)(H,34,37)(H,35,39)(H,40,41). The Morgan fingerprint density at radius 3 is 2.17 bits per heavy atom. The van der Waals surface area contributed by atoms with Gasteiger partial charge in [-0.25, -0.2) is 4.79 Å². The van der Waals surface area contributed by atoms with Gasteiger partial charge in [0, 0.05) is 29.9 Å². The van der Waals surface area contributed by atoms with E-state index >= 15 is 0 Å². The lowest BCUT2D eigenvalue weighted by Gasteiger charge is -2.26. The number of carboxylic acid groups (broad SMARTS) is 1. The van der Waals surface area contributed by atoms with E-state index < -0.39 is 53.8 Å². The van der Waals surface area contributed by atoms with E-state index in [2.05, 4.69) is 20.9 Å². The Bertz CT molecular complexity index is 1200. The number of amides is 4. The summed E-state index contributed by atoms with van der Waals surface area (Å²) in [5, 5.41) is 18.2. The van der Waals surface area contributed by atoms with Gasteiger partial charge in [-0.1, -0.05) is 38.5 Å². The molecule has 0 radical (unpaired) electrons. The van der Waals surface area contributed by atoms with Gasteiger partial charge in [-0.3, -0.25) is 19.2 Å². The van der Waals surface area contributed by atoms with Crippen LogP contribution < -0.4 is 33.2 Å². The lowest BCUT2D eigenvalue weighted by Crippen LogP contribution is -2.57. The fourth-order valence-corrected chi connectivity index (χ4v) is 4.44. The molecule has 4 atom stereocenters. The molecule has 4 amide bonds. The van der Waals surface area contributed by atoms with Gasteiger partial charge in [-0.2, -0.15) is 0 Å². The van der Waals surface area contributed by atoms with Crippen molar-refractivity contribution >= 4 is 40.5 Å². The van der Waals surface area contributed by atoms with Gasteiger partial charge in [0.15, 0.2) is 0 Å². The monoisotopic (exact) mass is 573 g/mol. The molecule has 0 aliphatic carbocycles. The molecule has 2 rings (SSSR count). The number of aromatic nitrogens is 1. The van der Waals surface area contributed by atoms with Crippen LogP contribution in [0, 0.1) is 5.92 Å². The number of aromatic amines is 1. The zero-order valence-corrected chi connectivity index (χ0v) is 23.7. The number of para-hydroxylation sites is 1. The first-order chi connectivity index (χ1) is 19.4. The highest BCUT2D eigenvalue weighted by atomic mass is 16.4. The fourth-order valence-electron chi connectivity index (χ4n) is 4.44. The van der Waals surface area contributed by atoms with Crippen LogP contribution in [0.5, 0.6) is 0 Å². The molecule has 0 bridgehead atoms. The first-order valence-electron chi connectivity index (χ1n) is 13.9. The highest BCUT2D eigenvalue weighted by molar-refractivity contribution is 5.95. The van der Waals surface area contributed by atoms with Crippen molar-refractivity contribution < 1.29 is 29.1 Å². The van der Waals surface area contributed by atoms with E-state index in [1.807, 2.05) is 38.1 Å². The van der Waals surface area contributed by atoms with Crippen molar-refractivity contribution in [2.75, 3.05) is 6.54 Å². The van der Waals surface area contributed by atoms with Crippen LogP contribution in [0.1, 0.15) is 57.9 Å². The molecule has 226 valence electrons. The van der Waals surface area contributed by atoms with Gasteiger partial charge in [0.2, 0.25) is 23.6 Å². The number of rotatable bonds is 18. The van der Waals surface area contributed by atoms with E-state index in [1.165, 1.54) is 0 Å². The summed E-state index contributed by atoms with van der Waals surface area (Å²) in [6.45, 7) is 4.17. The molecule has 41 heavy (non-hydrogen) atoms. The molecule has 0 saturated heterocycles. The predicted octanol–water partition coefficient (Wildman–Crippen LogP) is 0.0173. The van der Waals surface area contributed by atoms with Gasteiger partial charge in [0.05, 0.1) is 6.04 Å². The van der Waals surface area contributed by atoms with Crippen LogP contribution in [0.3, 0.4) is 0 Å². The summed E-state index contributed by atoms with van der Waals surface area (Å²) in [7, 11) is 0. The largest absolute Gasteiger partial charge is 0.480 e. The van der Waals surface area contributed by atoms with Crippen LogP contribution in [0.4, 0.5) is 0 Å². The van der Waals surface area contributed by atoms with Crippen molar-refractivity contribution in [1.82, 2.24) is 20.9 Å². The van der Waals surface area contributed by atoms with Crippen LogP contribution >= 0.6 is 0 Å². The minimum absolute atomic E-state index is 0.0439. The molecule has 0 aliphatic rings. The van der Waals surface area contributed by atoms with E-state index in [9.17, 15) is 29.1 Å². The van der Waals surface area contributed by atoms with Crippen molar-refractivity contribution in [2.45, 2.75) is 83.0 Å². The van der Waals surface area contributed by atoms with Gasteiger partial charge >= 0.3 is 5.97 Å². The zero-order chi connectivity index (χ0) is 30.5. The molecule has 0 aliphatic heterocycles. The highest BCUT2D eigenvalue weighted by Crippen LogP contribution is 2.19. The predicted molar refractivity (Wildman–Crippen MR) is 154 cm³/mol. The molecule has 11 N–H and O–H groups in total. The average molecular weight is 574 g/mol. The summed E-state index contributed by atoms with van der Waals surface area (Å²) in [5.41, 5.74) is 18.4.